The zero-order chi connectivity index (χ0) is 17.7. The molecule has 2 N–H and O–H groups in total. The summed E-state index contributed by atoms with van der Waals surface area (Å²) >= 11 is 0. The van der Waals surface area contributed by atoms with Crippen molar-refractivity contribution in [1.82, 2.24) is 5.32 Å². The first kappa shape index (κ1) is 17.5. The number of amides is 2. The summed E-state index contributed by atoms with van der Waals surface area (Å²) in [6.45, 7) is 5.80. The van der Waals surface area contributed by atoms with Gasteiger partial charge < -0.3 is 15.4 Å². The molecule has 0 aliphatic carbocycles. The van der Waals surface area contributed by atoms with Gasteiger partial charge in [0.2, 0.25) is 5.91 Å². The van der Waals surface area contributed by atoms with E-state index in [0.717, 1.165) is 22.4 Å². The molecule has 5 nitrogen and oxygen atoms in total. The van der Waals surface area contributed by atoms with E-state index in [1.54, 1.807) is 31.4 Å². The molecule has 0 atom stereocenters. The van der Waals surface area contributed by atoms with Crippen molar-refractivity contribution < 1.29 is 14.3 Å². The van der Waals surface area contributed by atoms with Crippen molar-refractivity contribution in [3.8, 4) is 5.75 Å². The molecule has 5 heteroatoms. The van der Waals surface area contributed by atoms with Gasteiger partial charge in [0.25, 0.3) is 5.91 Å². The van der Waals surface area contributed by atoms with Crippen molar-refractivity contribution in [3.63, 3.8) is 0 Å². The molecule has 24 heavy (non-hydrogen) atoms. The van der Waals surface area contributed by atoms with E-state index < -0.39 is 0 Å². The van der Waals surface area contributed by atoms with E-state index in [1.165, 1.54) is 6.92 Å². The average molecular weight is 326 g/mol. The molecule has 0 saturated heterocycles. The highest BCUT2D eigenvalue weighted by Crippen LogP contribution is 2.24. The van der Waals surface area contributed by atoms with E-state index in [2.05, 4.69) is 16.7 Å². The highest BCUT2D eigenvalue weighted by atomic mass is 16.5. The summed E-state index contributed by atoms with van der Waals surface area (Å²) in [5, 5.41) is 5.57. The number of rotatable bonds is 5. The quantitative estimate of drug-likeness (QED) is 0.886. The van der Waals surface area contributed by atoms with Crippen molar-refractivity contribution in [2.75, 3.05) is 12.4 Å². The number of anilines is 1. The molecule has 0 saturated carbocycles. The molecule has 0 aliphatic heterocycles. The lowest BCUT2D eigenvalue weighted by molar-refractivity contribution is -0.114. The monoisotopic (exact) mass is 326 g/mol. The Balaban J connectivity index is 2.13. The molecule has 0 heterocycles. The van der Waals surface area contributed by atoms with E-state index in [1.807, 2.05) is 19.9 Å². The molecule has 0 radical (unpaired) electrons. The molecule has 2 amide bonds. The molecular weight excluding hydrogens is 304 g/mol. The molecule has 2 aromatic carbocycles. The lowest BCUT2D eigenvalue weighted by atomic mass is 10.0. The predicted molar refractivity (Wildman–Crippen MR) is 94.4 cm³/mol. The van der Waals surface area contributed by atoms with Gasteiger partial charge in [-0.2, -0.15) is 0 Å². The summed E-state index contributed by atoms with van der Waals surface area (Å²) in [5.74, 6) is 0.386. The van der Waals surface area contributed by atoms with Crippen LogP contribution in [0, 0.1) is 13.8 Å². The number of carbonyl (C=O) groups excluding carboxylic acids is 2. The summed E-state index contributed by atoms with van der Waals surface area (Å²) in [6, 6.07) is 10.8. The van der Waals surface area contributed by atoms with E-state index in [0.29, 0.717) is 17.8 Å². The Bertz CT molecular complexity index is 769. The molecule has 2 rings (SSSR count). The van der Waals surface area contributed by atoms with Crippen molar-refractivity contribution in [1.29, 1.82) is 0 Å². The summed E-state index contributed by atoms with van der Waals surface area (Å²) in [6.07, 6.45) is 0. The molecule has 0 unspecified atom stereocenters. The van der Waals surface area contributed by atoms with Gasteiger partial charge in [0.05, 0.1) is 7.11 Å². The van der Waals surface area contributed by atoms with Crippen molar-refractivity contribution in [2.24, 2.45) is 0 Å². The molecule has 0 aromatic heterocycles. The second-order valence-corrected chi connectivity index (χ2v) is 5.71. The van der Waals surface area contributed by atoms with Crippen LogP contribution in [0.4, 0.5) is 5.69 Å². The number of methoxy groups -OCH3 is 1. The standard InChI is InChI=1S/C19H22N2O3/c1-12-8-13(2)17(18(9-12)24-4)11-20-19(23)15-6-5-7-16(10-15)21-14(3)22/h5-10H,11H2,1-4H3,(H,20,23)(H,21,22). The number of benzene rings is 2. The first-order valence-corrected chi connectivity index (χ1v) is 7.70. The molecular formula is C19H22N2O3. The molecule has 0 fully saturated rings. The minimum absolute atomic E-state index is 0.174. The normalized spacial score (nSPS) is 10.2. The zero-order valence-corrected chi connectivity index (χ0v) is 14.4. The highest BCUT2D eigenvalue weighted by molar-refractivity contribution is 5.96. The van der Waals surface area contributed by atoms with Crippen molar-refractivity contribution in [3.05, 3.63) is 58.7 Å². The zero-order valence-electron chi connectivity index (χ0n) is 14.4. The van der Waals surface area contributed by atoms with Gasteiger partial charge in [-0.1, -0.05) is 12.1 Å². The first-order chi connectivity index (χ1) is 11.4. The smallest absolute Gasteiger partial charge is 0.251 e. The molecule has 0 spiro atoms. The van der Waals surface area contributed by atoms with Crippen LogP contribution in [0.15, 0.2) is 36.4 Å². The average Bonchev–Trinajstić information content (AvgIpc) is 2.52. The van der Waals surface area contributed by atoms with Crippen LogP contribution in [0.3, 0.4) is 0 Å². The summed E-state index contributed by atoms with van der Waals surface area (Å²) < 4.78 is 5.41. The van der Waals surface area contributed by atoms with Crippen LogP contribution >= 0.6 is 0 Å². The number of nitrogens with one attached hydrogen (secondary N) is 2. The molecule has 0 bridgehead atoms. The number of aryl methyl sites for hydroxylation is 2. The largest absolute Gasteiger partial charge is 0.496 e. The number of hydrogen-bond acceptors (Lipinski definition) is 3. The van der Waals surface area contributed by atoms with E-state index in [9.17, 15) is 9.59 Å². The Morgan fingerprint density at radius 3 is 2.54 bits per heavy atom. The molecule has 0 aliphatic rings. The van der Waals surface area contributed by atoms with Crippen LogP contribution in [-0.2, 0) is 11.3 Å². The Kier molecular flexibility index (Phi) is 5.58. The maximum atomic E-state index is 12.4. The van der Waals surface area contributed by atoms with Crippen LogP contribution in [-0.4, -0.2) is 18.9 Å². The molecule has 2 aromatic rings. The fraction of sp³-hybridized carbons (Fsp3) is 0.263. The number of hydrogen-bond donors (Lipinski definition) is 2. The Labute approximate surface area is 142 Å². The van der Waals surface area contributed by atoms with Crippen LogP contribution in [0.2, 0.25) is 0 Å². The Morgan fingerprint density at radius 2 is 1.88 bits per heavy atom. The van der Waals surface area contributed by atoms with Crippen molar-refractivity contribution >= 4 is 17.5 Å². The number of carbonyl (C=O) groups is 2. The van der Waals surface area contributed by atoms with Crippen LogP contribution < -0.4 is 15.4 Å². The lowest BCUT2D eigenvalue weighted by Gasteiger charge is -2.14. The van der Waals surface area contributed by atoms with Gasteiger partial charge in [0.1, 0.15) is 5.75 Å². The van der Waals surface area contributed by atoms with E-state index in [-0.39, 0.29) is 11.8 Å². The summed E-state index contributed by atoms with van der Waals surface area (Å²) in [5.41, 5.74) is 4.22. The van der Waals surface area contributed by atoms with Crippen molar-refractivity contribution in [2.45, 2.75) is 27.3 Å². The maximum Gasteiger partial charge on any atom is 0.251 e. The third kappa shape index (κ3) is 4.35. The topological polar surface area (TPSA) is 67.4 Å². The SMILES string of the molecule is COc1cc(C)cc(C)c1CNC(=O)c1cccc(NC(C)=O)c1. The van der Waals surface area contributed by atoms with Gasteiger partial charge in [-0.15, -0.1) is 0 Å². The van der Waals surface area contributed by atoms with Gasteiger partial charge >= 0.3 is 0 Å². The third-order valence-electron chi connectivity index (χ3n) is 3.67. The maximum absolute atomic E-state index is 12.4. The van der Waals surface area contributed by atoms with Gasteiger partial charge in [0.15, 0.2) is 0 Å². The Morgan fingerprint density at radius 1 is 1.12 bits per heavy atom. The lowest BCUT2D eigenvalue weighted by Crippen LogP contribution is -2.23. The first-order valence-electron chi connectivity index (χ1n) is 7.70. The van der Waals surface area contributed by atoms with Crippen LogP contribution in [0.1, 0.15) is 34.0 Å². The minimum Gasteiger partial charge on any atom is -0.496 e. The van der Waals surface area contributed by atoms with E-state index in [4.69, 9.17) is 4.74 Å². The van der Waals surface area contributed by atoms with Crippen LogP contribution in [0.25, 0.3) is 0 Å². The Hall–Kier alpha value is -2.82. The minimum atomic E-state index is -0.204. The fourth-order valence-electron chi connectivity index (χ4n) is 2.58. The number of ether oxygens (including phenoxy) is 1. The van der Waals surface area contributed by atoms with Gasteiger partial charge in [0, 0.05) is 30.3 Å². The fourth-order valence-corrected chi connectivity index (χ4v) is 2.58. The predicted octanol–water partition coefficient (Wildman–Crippen LogP) is 3.20. The highest BCUT2D eigenvalue weighted by Gasteiger charge is 2.11. The van der Waals surface area contributed by atoms with Gasteiger partial charge in [-0.3, -0.25) is 9.59 Å². The summed E-state index contributed by atoms with van der Waals surface area (Å²) in [7, 11) is 1.62. The van der Waals surface area contributed by atoms with Gasteiger partial charge in [-0.05, 0) is 49.2 Å². The van der Waals surface area contributed by atoms with Crippen LogP contribution in [0.5, 0.6) is 5.75 Å². The van der Waals surface area contributed by atoms with Gasteiger partial charge in [-0.25, -0.2) is 0 Å². The molecule has 126 valence electrons. The summed E-state index contributed by atoms with van der Waals surface area (Å²) in [4.78, 5) is 23.5. The second-order valence-electron chi connectivity index (χ2n) is 5.71. The second kappa shape index (κ2) is 7.64. The van der Waals surface area contributed by atoms with E-state index >= 15 is 0 Å². The third-order valence-corrected chi connectivity index (χ3v) is 3.67.